The van der Waals surface area contributed by atoms with E-state index in [2.05, 4.69) is 22.5 Å². The largest absolute Gasteiger partial charge is 0.323 e. The lowest BCUT2D eigenvalue weighted by Gasteiger charge is -2.40. The lowest BCUT2D eigenvalue weighted by Crippen LogP contribution is -2.57. The summed E-state index contributed by atoms with van der Waals surface area (Å²) < 4.78 is 14.1. The van der Waals surface area contributed by atoms with E-state index in [9.17, 15) is 14.0 Å². The van der Waals surface area contributed by atoms with E-state index in [1.807, 2.05) is 0 Å². The Bertz CT molecular complexity index is 614. The van der Waals surface area contributed by atoms with Gasteiger partial charge in [-0.3, -0.25) is 10.1 Å². The molecule has 124 valence electrons. The third-order valence-electron chi connectivity index (χ3n) is 5.13. The summed E-state index contributed by atoms with van der Waals surface area (Å²) in [6.45, 7) is 4.87. The van der Waals surface area contributed by atoms with Gasteiger partial charge in [-0.05, 0) is 50.0 Å². The van der Waals surface area contributed by atoms with Gasteiger partial charge in [0.2, 0.25) is 0 Å². The van der Waals surface area contributed by atoms with Gasteiger partial charge in [0.25, 0.3) is 5.91 Å². The van der Waals surface area contributed by atoms with Crippen LogP contribution in [0.15, 0.2) is 24.3 Å². The van der Waals surface area contributed by atoms with E-state index in [0.29, 0.717) is 5.56 Å². The highest BCUT2D eigenvalue weighted by Gasteiger charge is 2.52. The van der Waals surface area contributed by atoms with Gasteiger partial charge in [-0.15, -0.1) is 0 Å². The number of halogens is 1. The molecule has 3 amide bonds. The van der Waals surface area contributed by atoms with Crippen molar-refractivity contribution in [2.45, 2.75) is 31.7 Å². The van der Waals surface area contributed by atoms with Gasteiger partial charge in [0, 0.05) is 6.42 Å². The average Bonchev–Trinajstić information content (AvgIpc) is 2.84. The maximum Gasteiger partial charge on any atom is 0.322 e. The van der Waals surface area contributed by atoms with Crippen molar-refractivity contribution in [2.24, 2.45) is 5.92 Å². The van der Waals surface area contributed by atoms with E-state index >= 15 is 0 Å². The standard InChI is InChI=1S/C17H22FN3O2/c1-2-21-9-7-13(8-10-21)17(15(22)19-16(23)20-17)11-12-5-3-4-6-14(12)18/h3-6,13H,2,7-11H2,1H3,(H2,19,20,22,23). The number of likely N-dealkylation sites (tertiary alicyclic amines) is 1. The molecule has 0 bridgehead atoms. The molecule has 6 heteroatoms. The quantitative estimate of drug-likeness (QED) is 0.830. The van der Waals surface area contributed by atoms with Crippen molar-refractivity contribution in [2.75, 3.05) is 19.6 Å². The Morgan fingerprint density at radius 3 is 2.52 bits per heavy atom. The molecule has 0 spiro atoms. The number of rotatable bonds is 4. The topological polar surface area (TPSA) is 61.4 Å². The highest BCUT2D eigenvalue weighted by molar-refractivity contribution is 6.07. The normalized spacial score (nSPS) is 26.2. The molecular formula is C17H22FN3O2. The molecule has 0 aliphatic carbocycles. The number of nitrogens with one attached hydrogen (secondary N) is 2. The van der Waals surface area contributed by atoms with E-state index in [-0.39, 0.29) is 24.1 Å². The van der Waals surface area contributed by atoms with Crippen molar-refractivity contribution in [1.82, 2.24) is 15.5 Å². The third-order valence-corrected chi connectivity index (χ3v) is 5.13. The number of nitrogens with zero attached hydrogens (tertiary/aromatic N) is 1. The second kappa shape index (κ2) is 6.28. The minimum Gasteiger partial charge on any atom is -0.323 e. The number of amides is 3. The molecule has 1 atom stereocenters. The molecule has 0 radical (unpaired) electrons. The molecule has 5 nitrogen and oxygen atoms in total. The lowest BCUT2D eigenvalue weighted by atomic mass is 9.74. The Hall–Kier alpha value is -1.95. The molecule has 0 aromatic heterocycles. The summed E-state index contributed by atoms with van der Waals surface area (Å²) in [7, 11) is 0. The Morgan fingerprint density at radius 1 is 1.26 bits per heavy atom. The number of imide groups is 1. The van der Waals surface area contributed by atoms with Crippen molar-refractivity contribution in [3.63, 3.8) is 0 Å². The fourth-order valence-corrected chi connectivity index (χ4v) is 3.75. The summed E-state index contributed by atoms with van der Waals surface area (Å²) in [4.78, 5) is 26.6. The summed E-state index contributed by atoms with van der Waals surface area (Å²) >= 11 is 0. The van der Waals surface area contributed by atoms with Crippen LogP contribution >= 0.6 is 0 Å². The Labute approximate surface area is 135 Å². The summed E-state index contributed by atoms with van der Waals surface area (Å²) in [6.07, 6.45) is 1.82. The van der Waals surface area contributed by atoms with Gasteiger partial charge in [-0.1, -0.05) is 25.1 Å². The highest BCUT2D eigenvalue weighted by atomic mass is 19.1. The van der Waals surface area contributed by atoms with E-state index in [1.165, 1.54) is 6.07 Å². The summed E-state index contributed by atoms with van der Waals surface area (Å²) in [5, 5.41) is 5.16. The third kappa shape index (κ3) is 2.95. The number of carbonyl (C=O) groups excluding carboxylic acids is 2. The van der Waals surface area contributed by atoms with Gasteiger partial charge in [-0.2, -0.15) is 0 Å². The van der Waals surface area contributed by atoms with Crippen molar-refractivity contribution >= 4 is 11.9 Å². The van der Waals surface area contributed by atoms with Crippen LogP contribution in [0.4, 0.5) is 9.18 Å². The van der Waals surface area contributed by atoms with Gasteiger partial charge in [0.15, 0.2) is 0 Å². The van der Waals surface area contributed by atoms with Crippen LogP contribution in [0.5, 0.6) is 0 Å². The fourth-order valence-electron chi connectivity index (χ4n) is 3.75. The fraction of sp³-hybridized carbons (Fsp3) is 0.529. The summed E-state index contributed by atoms with van der Waals surface area (Å²) in [5.74, 6) is -0.663. The van der Waals surface area contributed by atoms with Gasteiger partial charge < -0.3 is 10.2 Å². The first-order chi connectivity index (χ1) is 11.0. The molecule has 2 N–H and O–H groups in total. The number of carbonyl (C=O) groups is 2. The number of urea groups is 1. The minimum atomic E-state index is -1.04. The lowest BCUT2D eigenvalue weighted by molar-refractivity contribution is -0.126. The molecule has 2 saturated heterocycles. The number of hydrogen-bond acceptors (Lipinski definition) is 3. The van der Waals surface area contributed by atoms with Crippen LogP contribution in [0, 0.1) is 11.7 Å². The first-order valence-corrected chi connectivity index (χ1v) is 8.14. The Kier molecular flexibility index (Phi) is 4.35. The predicted octanol–water partition coefficient (Wildman–Crippen LogP) is 1.68. The van der Waals surface area contributed by atoms with Crippen LogP contribution < -0.4 is 10.6 Å². The zero-order valence-corrected chi connectivity index (χ0v) is 13.3. The van der Waals surface area contributed by atoms with E-state index in [0.717, 1.165) is 32.5 Å². The second-order valence-electron chi connectivity index (χ2n) is 6.36. The first-order valence-electron chi connectivity index (χ1n) is 8.14. The van der Waals surface area contributed by atoms with Crippen molar-refractivity contribution < 1.29 is 14.0 Å². The average molecular weight is 319 g/mol. The molecule has 1 aromatic carbocycles. The molecule has 2 fully saturated rings. The maximum atomic E-state index is 14.1. The Morgan fingerprint density at radius 2 is 1.96 bits per heavy atom. The smallest absolute Gasteiger partial charge is 0.322 e. The molecule has 3 rings (SSSR count). The summed E-state index contributed by atoms with van der Waals surface area (Å²) in [6, 6.07) is 5.95. The van der Waals surface area contributed by atoms with Gasteiger partial charge in [0.1, 0.15) is 11.4 Å². The van der Waals surface area contributed by atoms with Crippen LogP contribution in [0.25, 0.3) is 0 Å². The predicted molar refractivity (Wildman–Crippen MR) is 84.3 cm³/mol. The van der Waals surface area contributed by atoms with Gasteiger partial charge in [0.05, 0.1) is 0 Å². The Balaban J connectivity index is 1.88. The van der Waals surface area contributed by atoms with Crippen molar-refractivity contribution in [3.8, 4) is 0 Å². The molecule has 1 unspecified atom stereocenters. The molecule has 2 aliphatic heterocycles. The van der Waals surface area contributed by atoms with Gasteiger partial charge in [-0.25, -0.2) is 9.18 Å². The zero-order valence-electron chi connectivity index (χ0n) is 13.3. The minimum absolute atomic E-state index is 0.0105. The summed E-state index contributed by atoms with van der Waals surface area (Å²) in [5.41, 5.74) is -0.582. The molecule has 2 aliphatic rings. The van der Waals surface area contributed by atoms with E-state index < -0.39 is 11.6 Å². The van der Waals surface area contributed by atoms with E-state index in [1.54, 1.807) is 18.2 Å². The van der Waals surface area contributed by atoms with Crippen LogP contribution in [-0.2, 0) is 11.2 Å². The van der Waals surface area contributed by atoms with Crippen LogP contribution in [0.3, 0.4) is 0 Å². The van der Waals surface area contributed by atoms with Crippen LogP contribution in [0.1, 0.15) is 25.3 Å². The number of benzene rings is 1. The van der Waals surface area contributed by atoms with Crippen LogP contribution in [0.2, 0.25) is 0 Å². The molecule has 1 aromatic rings. The molecule has 2 heterocycles. The number of piperidine rings is 1. The SMILES string of the molecule is CCN1CCC(C2(Cc3ccccc3F)NC(=O)NC2=O)CC1. The maximum absolute atomic E-state index is 14.1. The monoisotopic (exact) mass is 319 g/mol. The molecule has 0 saturated carbocycles. The van der Waals surface area contributed by atoms with Gasteiger partial charge >= 0.3 is 6.03 Å². The molecular weight excluding hydrogens is 297 g/mol. The van der Waals surface area contributed by atoms with Crippen molar-refractivity contribution in [3.05, 3.63) is 35.6 Å². The molecule has 23 heavy (non-hydrogen) atoms. The van der Waals surface area contributed by atoms with Crippen LogP contribution in [-0.4, -0.2) is 42.0 Å². The highest BCUT2D eigenvalue weighted by Crippen LogP contribution is 2.34. The zero-order chi connectivity index (χ0) is 16.4. The second-order valence-corrected chi connectivity index (χ2v) is 6.36. The van der Waals surface area contributed by atoms with E-state index in [4.69, 9.17) is 0 Å². The number of hydrogen-bond donors (Lipinski definition) is 2. The first kappa shape index (κ1) is 15.9. The van der Waals surface area contributed by atoms with Crippen molar-refractivity contribution in [1.29, 1.82) is 0 Å².